The lowest BCUT2D eigenvalue weighted by Gasteiger charge is -2.04. The van der Waals surface area contributed by atoms with Gasteiger partial charge in [0, 0.05) is 15.6 Å². The molecule has 0 aliphatic heterocycles. The predicted octanol–water partition coefficient (Wildman–Crippen LogP) is 4.66. The van der Waals surface area contributed by atoms with Gasteiger partial charge in [0.05, 0.1) is 6.04 Å². The Kier molecular flexibility index (Phi) is 3.77. The summed E-state index contributed by atoms with van der Waals surface area (Å²) in [4.78, 5) is 0. The summed E-state index contributed by atoms with van der Waals surface area (Å²) in [5, 5.41) is 1.18. The second-order valence-electron chi connectivity index (χ2n) is 3.87. The minimum absolute atomic E-state index is 0.0709. The van der Waals surface area contributed by atoms with Crippen molar-refractivity contribution < 1.29 is 4.42 Å². The Morgan fingerprint density at radius 1 is 1.18 bits per heavy atom. The summed E-state index contributed by atoms with van der Waals surface area (Å²) < 4.78 is 5.69. The van der Waals surface area contributed by atoms with E-state index in [2.05, 4.69) is 0 Å². The molecule has 1 atom stereocenters. The number of furan rings is 1. The van der Waals surface area contributed by atoms with Gasteiger partial charge in [-0.15, -0.1) is 0 Å². The molecule has 2 N–H and O–H groups in total. The van der Waals surface area contributed by atoms with Gasteiger partial charge in [-0.25, -0.2) is 0 Å². The first kappa shape index (κ1) is 12.5. The number of hydrogen-bond donors (Lipinski definition) is 1. The second-order valence-corrected chi connectivity index (χ2v) is 4.75. The molecule has 2 rings (SSSR count). The molecule has 0 aliphatic carbocycles. The molecule has 1 unspecified atom stereocenters. The summed E-state index contributed by atoms with van der Waals surface area (Å²) >= 11 is 11.9. The minimum Gasteiger partial charge on any atom is -0.459 e. The van der Waals surface area contributed by atoms with Crippen LogP contribution in [0, 0.1) is 0 Å². The Morgan fingerprint density at radius 3 is 2.41 bits per heavy atom. The van der Waals surface area contributed by atoms with Gasteiger partial charge in [-0.05, 0) is 36.8 Å². The van der Waals surface area contributed by atoms with Crippen LogP contribution >= 0.6 is 23.2 Å². The molecule has 0 spiro atoms. The van der Waals surface area contributed by atoms with Crippen molar-refractivity contribution in [1.29, 1.82) is 0 Å². The predicted molar refractivity (Wildman–Crippen MR) is 71.4 cm³/mol. The van der Waals surface area contributed by atoms with E-state index in [4.69, 9.17) is 33.4 Å². The Hall–Kier alpha value is -0.960. The number of halogens is 2. The van der Waals surface area contributed by atoms with Crippen LogP contribution in [0.1, 0.15) is 25.1 Å². The highest BCUT2D eigenvalue weighted by Crippen LogP contribution is 2.30. The average Bonchev–Trinajstić information content (AvgIpc) is 2.76. The van der Waals surface area contributed by atoms with Crippen molar-refractivity contribution in [2.75, 3.05) is 0 Å². The van der Waals surface area contributed by atoms with Crippen molar-refractivity contribution in [2.45, 2.75) is 19.4 Å². The zero-order valence-electron chi connectivity index (χ0n) is 9.41. The van der Waals surface area contributed by atoms with Crippen molar-refractivity contribution in [3.05, 3.63) is 46.1 Å². The van der Waals surface area contributed by atoms with E-state index < -0.39 is 0 Å². The van der Waals surface area contributed by atoms with Gasteiger partial charge in [0.15, 0.2) is 0 Å². The van der Waals surface area contributed by atoms with Crippen LogP contribution in [0.2, 0.25) is 10.0 Å². The lowest BCUT2D eigenvalue weighted by Crippen LogP contribution is -2.06. The van der Waals surface area contributed by atoms with E-state index in [1.54, 1.807) is 6.07 Å². The summed E-state index contributed by atoms with van der Waals surface area (Å²) in [7, 11) is 0. The van der Waals surface area contributed by atoms with Crippen LogP contribution in [0.15, 0.2) is 34.7 Å². The lowest BCUT2D eigenvalue weighted by molar-refractivity contribution is 0.470. The fourth-order valence-corrected chi connectivity index (χ4v) is 2.13. The quantitative estimate of drug-likeness (QED) is 0.880. The van der Waals surface area contributed by atoms with Crippen molar-refractivity contribution in [3.8, 4) is 11.3 Å². The molecule has 0 saturated heterocycles. The van der Waals surface area contributed by atoms with Crippen LogP contribution < -0.4 is 5.73 Å². The SMILES string of the molecule is CCC(N)c1ccc(-c2cc(Cl)cc(Cl)c2)o1. The van der Waals surface area contributed by atoms with Crippen LogP contribution in [-0.2, 0) is 0 Å². The first-order chi connectivity index (χ1) is 8.10. The summed E-state index contributed by atoms with van der Waals surface area (Å²) in [5.74, 6) is 1.51. The van der Waals surface area contributed by atoms with Gasteiger partial charge in [-0.3, -0.25) is 0 Å². The zero-order chi connectivity index (χ0) is 12.4. The van der Waals surface area contributed by atoms with E-state index in [1.807, 2.05) is 31.2 Å². The average molecular weight is 270 g/mol. The molecule has 0 amide bonds. The van der Waals surface area contributed by atoms with Gasteiger partial charge in [0.1, 0.15) is 11.5 Å². The fraction of sp³-hybridized carbons (Fsp3) is 0.231. The van der Waals surface area contributed by atoms with Crippen LogP contribution in [0.4, 0.5) is 0 Å². The van der Waals surface area contributed by atoms with Gasteiger partial charge < -0.3 is 10.2 Å². The fourth-order valence-electron chi connectivity index (χ4n) is 1.60. The van der Waals surface area contributed by atoms with Gasteiger partial charge >= 0.3 is 0 Å². The first-order valence-electron chi connectivity index (χ1n) is 5.42. The summed E-state index contributed by atoms with van der Waals surface area (Å²) in [6.45, 7) is 2.02. The third-order valence-corrected chi connectivity index (χ3v) is 3.02. The van der Waals surface area contributed by atoms with Crippen molar-refractivity contribution in [2.24, 2.45) is 5.73 Å². The van der Waals surface area contributed by atoms with E-state index in [0.29, 0.717) is 10.0 Å². The Balaban J connectivity index is 2.36. The molecule has 2 aromatic rings. The maximum Gasteiger partial charge on any atom is 0.134 e. The van der Waals surface area contributed by atoms with E-state index in [0.717, 1.165) is 23.5 Å². The number of hydrogen-bond acceptors (Lipinski definition) is 2. The van der Waals surface area contributed by atoms with Crippen molar-refractivity contribution in [3.63, 3.8) is 0 Å². The van der Waals surface area contributed by atoms with E-state index in [9.17, 15) is 0 Å². The third-order valence-electron chi connectivity index (χ3n) is 2.58. The Bertz CT molecular complexity index is 502. The molecule has 2 nitrogen and oxygen atoms in total. The van der Waals surface area contributed by atoms with E-state index in [-0.39, 0.29) is 6.04 Å². The molecule has 1 aromatic carbocycles. The minimum atomic E-state index is -0.0709. The van der Waals surface area contributed by atoms with Crippen molar-refractivity contribution >= 4 is 23.2 Å². The van der Waals surface area contributed by atoms with Gasteiger partial charge in [0.2, 0.25) is 0 Å². The number of nitrogens with two attached hydrogens (primary N) is 1. The van der Waals surface area contributed by atoms with Crippen LogP contribution in [0.5, 0.6) is 0 Å². The molecule has 0 fully saturated rings. The molecule has 0 bridgehead atoms. The van der Waals surface area contributed by atoms with Gasteiger partial charge in [0.25, 0.3) is 0 Å². The normalized spacial score (nSPS) is 12.7. The summed E-state index contributed by atoms with van der Waals surface area (Å²) in [6.07, 6.45) is 0.837. The second kappa shape index (κ2) is 5.13. The molecule has 4 heteroatoms. The highest BCUT2D eigenvalue weighted by Gasteiger charge is 2.11. The Morgan fingerprint density at radius 2 is 1.82 bits per heavy atom. The number of benzene rings is 1. The highest BCUT2D eigenvalue weighted by molar-refractivity contribution is 6.35. The molecule has 1 heterocycles. The van der Waals surface area contributed by atoms with Crippen LogP contribution in [0.25, 0.3) is 11.3 Å². The lowest BCUT2D eigenvalue weighted by atomic mass is 10.2. The van der Waals surface area contributed by atoms with Crippen LogP contribution in [-0.4, -0.2) is 0 Å². The molecule has 90 valence electrons. The molecular formula is C13H13Cl2NO. The highest BCUT2D eigenvalue weighted by atomic mass is 35.5. The molecule has 1 aromatic heterocycles. The maximum atomic E-state index is 5.95. The topological polar surface area (TPSA) is 39.2 Å². The zero-order valence-corrected chi connectivity index (χ0v) is 10.9. The maximum absolute atomic E-state index is 5.95. The summed E-state index contributed by atoms with van der Waals surface area (Å²) in [5.41, 5.74) is 6.76. The third kappa shape index (κ3) is 2.83. The standard InChI is InChI=1S/C13H13Cl2NO/c1-2-11(16)13-4-3-12(17-13)8-5-9(14)7-10(15)6-8/h3-7,11H,2,16H2,1H3. The van der Waals surface area contributed by atoms with Crippen molar-refractivity contribution in [1.82, 2.24) is 0 Å². The molecule has 0 aliphatic rings. The smallest absolute Gasteiger partial charge is 0.134 e. The summed E-state index contributed by atoms with van der Waals surface area (Å²) in [6, 6.07) is 9.01. The molecule has 17 heavy (non-hydrogen) atoms. The molecule has 0 saturated carbocycles. The molecular weight excluding hydrogens is 257 g/mol. The van der Waals surface area contributed by atoms with Crippen LogP contribution in [0.3, 0.4) is 0 Å². The Labute approximate surface area is 110 Å². The number of rotatable bonds is 3. The molecule has 0 radical (unpaired) electrons. The van der Waals surface area contributed by atoms with Gasteiger partial charge in [-0.2, -0.15) is 0 Å². The monoisotopic (exact) mass is 269 g/mol. The first-order valence-corrected chi connectivity index (χ1v) is 6.17. The largest absolute Gasteiger partial charge is 0.459 e. The van der Waals surface area contributed by atoms with Gasteiger partial charge in [-0.1, -0.05) is 30.1 Å². The van der Waals surface area contributed by atoms with E-state index >= 15 is 0 Å². The van der Waals surface area contributed by atoms with E-state index in [1.165, 1.54) is 0 Å².